The molecular weight excluding hydrogens is 983 g/mol. The molecule has 0 aliphatic heterocycles. The topological polar surface area (TPSA) is 95.9 Å². The average Bonchev–Trinajstić information content (AvgIpc) is 3.46. The number of carbonyl (C=O) groups is 2. The van der Waals surface area contributed by atoms with Crippen molar-refractivity contribution >= 4 is 11.9 Å². The van der Waals surface area contributed by atoms with Gasteiger partial charge in [0.15, 0.2) is 0 Å². The fraction of sp³-hybridized carbons (Fsp3) is 0.919. The molecule has 0 radical (unpaired) electrons. The molecule has 0 bridgehead atoms. The molecule has 0 rings (SSSR count). The van der Waals surface area contributed by atoms with Gasteiger partial charge in [0.05, 0.1) is 25.4 Å². The molecule has 6 nitrogen and oxygen atoms in total. The molecule has 0 spiro atoms. The third kappa shape index (κ3) is 65.5. The lowest BCUT2D eigenvalue weighted by molar-refractivity contribution is -0.143. The fourth-order valence-corrected chi connectivity index (χ4v) is 11.7. The summed E-state index contributed by atoms with van der Waals surface area (Å²) in [5.41, 5.74) is 0. The normalized spacial score (nSPS) is 12.6. The summed E-state index contributed by atoms with van der Waals surface area (Å²) in [6.45, 7) is 4.99. The molecule has 474 valence electrons. The van der Waals surface area contributed by atoms with Gasteiger partial charge < -0.3 is 20.3 Å². The number of amides is 1. The van der Waals surface area contributed by atoms with E-state index in [4.69, 9.17) is 4.74 Å². The van der Waals surface area contributed by atoms with Crippen LogP contribution >= 0.6 is 0 Å². The van der Waals surface area contributed by atoms with Gasteiger partial charge in [0, 0.05) is 12.8 Å². The van der Waals surface area contributed by atoms with Crippen LogP contribution in [0.5, 0.6) is 0 Å². The van der Waals surface area contributed by atoms with Crippen LogP contribution in [-0.4, -0.2) is 47.4 Å². The zero-order chi connectivity index (χ0) is 57.8. The van der Waals surface area contributed by atoms with Crippen LogP contribution in [0.1, 0.15) is 412 Å². The van der Waals surface area contributed by atoms with Crippen LogP contribution < -0.4 is 5.32 Å². The van der Waals surface area contributed by atoms with Gasteiger partial charge >= 0.3 is 5.97 Å². The molecule has 6 heteroatoms. The number of nitrogens with one attached hydrogen (secondary N) is 1. The number of ether oxygens (including phenoxy) is 1. The molecule has 2 atom stereocenters. The minimum atomic E-state index is -0.665. The number of carbonyl (C=O) groups excluding carboxylic acids is 2. The molecule has 1 amide bonds. The predicted molar refractivity (Wildman–Crippen MR) is 352 cm³/mol. The van der Waals surface area contributed by atoms with E-state index in [0.29, 0.717) is 25.9 Å². The van der Waals surface area contributed by atoms with Gasteiger partial charge in [-0.25, -0.2) is 0 Å². The standard InChI is InChI=1S/C74H143NO5/c1-3-5-7-9-11-13-15-17-19-21-35-38-42-46-50-54-58-62-66-72(77)71(70-76)75-73(78)67-63-59-55-51-47-43-39-36-33-31-29-27-25-23-22-24-26-28-30-32-34-37-41-45-49-53-57-61-65-69-80-74(79)68-64-60-56-52-48-44-40-20-18-16-14-12-10-8-6-4-2/h22,24,28,30,71-72,76-77H,3-21,23,25-27,29,31-70H2,1-2H3,(H,75,78)/b24-22-,30-28-. The van der Waals surface area contributed by atoms with Gasteiger partial charge in [-0.2, -0.15) is 0 Å². The monoisotopic (exact) mass is 1130 g/mol. The minimum Gasteiger partial charge on any atom is -0.466 e. The van der Waals surface area contributed by atoms with Crippen LogP contribution in [-0.2, 0) is 14.3 Å². The van der Waals surface area contributed by atoms with Crippen molar-refractivity contribution in [2.75, 3.05) is 13.2 Å². The minimum absolute atomic E-state index is 0.0163. The van der Waals surface area contributed by atoms with Crippen LogP contribution in [0.3, 0.4) is 0 Å². The van der Waals surface area contributed by atoms with E-state index in [-0.39, 0.29) is 18.5 Å². The van der Waals surface area contributed by atoms with E-state index in [1.165, 1.54) is 334 Å². The molecule has 0 aromatic carbocycles. The van der Waals surface area contributed by atoms with Crippen molar-refractivity contribution in [3.63, 3.8) is 0 Å². The first-order chi connectivity index (χ1) is 39.5. The van der Waals surface area contributed by atoms with Gasteiger partial charge in [-0.3, -0.25) is 9.59 Å². The lowest BCUT2D eigenvalue weighted by Crippen LogP contribution is -2.45. The Morgan fingerprint density at radius 3 is 0.950 bits per heavy atom. The number of rotatable bonds is 69. The summed E-state index contributed by atoms with van der Waals surface area (Å²) in [6.07, 6.45) is 88.1. The quantitative estimate of drug-likeness (QED) is 0.0320. The maximum absolute atomic E-state index is 12.5. The zero-order valence-electron chi connectivity index (χ0n) is 54.3. The number of aliphatic hydroxyl groups is 2. The maximum Gasteiger partial charge on any atom is 0.305 e. The highest BCUT2D eigenvalue weighted by Gasteiger charge is 2.20. The predicted octanol–water partition coefficient (Wildman–Crippen LogP) is 23.7. The highest BCUT2D eigenvalue weighted by Crippen LogP contribution is 2.19. The van der Waals surface area contributed by atoms with E-state index in [0.717, 1.165) is 44.9 Å². The first-order valence-corrected chi connectivity index (χ1v) is 36.6. The van der Waals surface area contributed by atoms with Crippen LogP contribution in [0.15, 0.2) is 24.3 Å². The Morgan fingerprint density at radius 2 is 0.625 bits per heavy atom. The number of hydrogen-bond donors (Lipinski definition) is 3. The SMILES string of the molecule is CCCCCCCCCCCCCCCCCCCCC(O)C(CO)NC(=O)CCCCCCCCCCCCCCC/C=C\C/C=C\CCCCCCCCCCCOC(=O)CCCCCCCCCCCCCCCCCC. The number of unbranched alkanes of at least 4 members (excludes halogenated alkanes) is 54. The molecule has 2 unspecified atom stereocenters. The molecule has 0 saturated carbocycles. The van der Waals surface area contributed by atoms with Crippen molar-refractivity contribution in [1.29, 1.82) is 0 Å². The lowest BCUT2D eigenvalue weighted by Gasteiger charge is -2.22. The first kappa shape index (κ1) is 78.3. The van der Waals surface area contributed by atoms with Crippen molar-refractivity contribution in [1.82, 2.24) is 5.32 Å². The van der Waals surface area contributed by atoms with E-state index in [2.05, 4.69) is 43.5 Å². The van der Waals surface area contributed by atoms with Crippen LogP contribution in [0, 0.1) is 0 Å². The molecule has 3 N–H and O–H groups in total. The Labute approximate surface area is 501 Å². The summed E-state index contributed by atoms with van der Waals surface area (Å²) in [5, 5.41) is 23.4. The summed E-state index contributed by atoms with van der Waals surface area (Å²) in [5.74, 6) is -0.0157. The van der Waals surface area contributed by atoms with E-state index < -0.39 is 12.1 Å². The molecule has 80 heavy (non-hydrogen) atoms. The molecule has 0 heterocycles. The van der Waals surface area contributed by atoms with Crippen LogP contribution in [0.2, 0.25) is 0 Å². The summed E-state index contributed by atoms with van der Waals surface area (Å²) in [4.78, 5) is 24.6. The summed E-state index contributed by atoms with van der Waals surface area (Å²) >= 11 is 0. The van der Waals surface area contributed by atoms with Gasteiger partial charge in [-0.15, -0.1) is 0 Å². The second-order valence-electron chi connectivity index (χ2n) is 25.3. The number of hydrogen-bond acceptors (Lipinski definition) is 5. The highest BCUT2D eigenvalue weighted by atomic mass is 16.5. The van der Waals surface area contributed by atoms with Gasteiger partial charge in [-0.1, -0.05) is 366 Å². The Bertz CT molecular complexity index is 1250. The van der Waals surface area contributed by atoms with Gasteiger partial charge in [-0.05, 0) is 57.8 Å². The van der Waals surface area contributed by atoms with Crippen molar-refractivity contribution in [2.24, 2.45) is 0 Å². The van der Waals surface area contributed by atoms with E-state index in [1.807, 2.05) is 0 Å². The van der Waals surface area contributed by atoms with Gasteiger partial charge in [0.25, 0.3) is 0 Å². The van der Waals surface area contributed by atoms with Crippen molar-refractivity contribution in [3.05, 3.63) is 24.3 Å². The number of allylic oxidation sites excluding steroid dienone is 4. The third-order valence-corrected chi connectivity index (χ3v) is 17.3. The molecular formula is C74H143NO5. The molecule has 0 aliphatic rings. The Kier molecular flexibility index (Phi) is 68.4. The maximum atomic E-state index is 12.5. The Hall–Kier alpha value is -1.66. The fourth-order valence-electron chi connectivity index (χ4n) is 11.7. The van der Waals surface area contributed by atoms with Crippen LogP contribution in [0.25, 0.3) is 0 Å². The molecule has 0 aliphatic carbocycles. The second-order valence-corrected chi connectivity index (χ2v) is 25.3. The molecule has 0 saturated heterocycles. The van der Waals surface area contributed by atoms with E-state index in [1.54, 1.807) is 0 Å². The zero-order valence-corrected chi connectivity index (χ0v) is 54.3. The van der Waals surface area contributed by atoms with Gasteiger partial charge in [0.2, 0.25) is 5.91 Å². The first-order valence-electron chi connectivity index (χ1n) is 36.6. The summed E-state index contributed by atoms with van der Waals surface area (Å²) < 4.78 is 5.50. The van der Waals surface area contributed by atoms with Crippen LogP contribution in [0.4, 0.5) is 0 Å². The summed E-state index contributed by atoms with van der Waals surface area (Å²) in [7, 11) is 0. The van der Waals surface area contributed by atoms with Crippen molar-refractivity contribution in [2.45, 2.75) is 424 Å². The van der Waals surface area contributed by atoms with Crippen molar-refractivity contribution < 1.29 is 24.5 Å². The number of esters is 1. The third-order valence-electron chi connectivity index (χ3n) is 17.3. The van der Waals surface area contributed by atoms with E-state index >= 15 is 0 Å². The molecule has 0 fully saturated rings. The lowest BCUT2D eigenvalue weighted by atomic mass is 10.0. The van der Waals surface area contributed by atoms with Crippen molar-refractivity contribution in [3.8, 4) is 0 Å². The Balaban J connectivity index is 3.39. The Morgan fingerprint density at radius 1 is 0.350 bits per heavy atom. The largest absolute Gasteiger partial charge is 0.466 e. The van der Waals surface area contributed by atoms with E-state index in [9.17, 15) is 19.8 Å². The summed E-state index contributed by atoms with van der Waals surface area (Å²) in [6, 6.07) is -0.543. The van der Waals surface area contributed by atoms with Gasteiger partial charge in [0.1, 0.15) is 0 Å². The molecule has 0 aromatic rings. The smallest absolute Gasteiger partial charge is 0.305 e. The average molecular weight is 1130 g/mol. The highest BCUT2D eigenvalue weighted by molar-refractivity contribution is 5.76. The molecule has 0 aromatic heterocycles. The number of aliphatic hydroxyl groups excluding tert-OH is 2. The second kappa shape index (κ2) is 69.8.